The molecule has 0 spiro atoms. The van der Waals surface area contributed by atoms with Gasteiger partial charge in [0, 0.05) is 24.7 Å². The molecule has 1 atom stereocenters. The van der Waals surface area contributed by atoms with E-state index in [1.165, 1.54) is 0 Å². The average molecular weight is 357 g/mol. The molecule has 1 aliphatic rings. The Morgan fingerprint density at radius 1 is 1.19 bits per heavy atom. The van der Waals surface area contributed by atoms with Crippen LogP contribution in [-0.2, 0) is 15.1 Å². The van der Waals surface area contributed by atoms with Gasteiger partial charge in [-0.25, -0.2) is 4.79 Å². The van der Waals surface area contributed by atoms with E-state index in [1.807, 2.05) is 24.3 Å². The van der Waals surface area contributed by atoms with E-state index < -0.39 is 11.6 Å². The summed E-state index contributed by atoms with van der Waals surface area (Å²) < 4.78 is 5.30. The van der Waals surface area contributed by atoms with Crippen molar-refractivity contribution in [2.24, 2.45) is 5.92 Å². The molecule has 0 heterocycles. The van der Waals surface area contributed by atoms with Gasteiger partial charge in [0.15, 0.2) is 12.2 Å². The maximum absolute atomic E-state index is 12.8. The third-order valence-electron chi connectivity index (χ3n) is 5.40. The van der Waals surface area contributed by atoms with E-state index in [0.29, 0.717) is 5.56 Å². The second kappa shape index (κ2) is 9.64. The topological polar surface area (TPSA) is 49.8 Å². The minimum atomic E-state index is -1.60. The molecule has 1 aliphatic carbocycles. The molecule has 1 fully saturated rings. The summed E-state index contributed by atoms with van der Waals surface area (Å²) >= 11 is 0. The van der Waals surface area contributed by atoms with Gasteiger partial charge in [0.1, 0.15) is 0 Å². The van der Waals surface area contributed by atoms with Crippen molar-refractivity contribution in [1.82, 2.24) is 0 Å². The van der Waals surface area contributed by atoms with Crippen LogP contribution in [0.4, 0.5) is 5.69 Å². The average Bonchev–Trinajstić information content (AvgIpc) is 2.69. The number of benzene rings is 1. The Kier molecular flexibility index (Phi) is 7.53. The van der Waals surface area contributed by atoms with Crippen molar-refractivity contribution in [3.63, 3.8) is 0 Å². The molecule has 1 N–H and O–H groups in total. The number of anilines is 1. The minimum Gasteiger partial charge on any atom is -0.450 e. The fourth-order valence-electron chi connectivity index (χ4n) is 3.84. The summed E-state index contributed by atoms with van der Waals surface area (Å²) in [6.07, 6.45) is 4.90. The van der Waals surface area contributed by atoms with Gasteiger partial charge >= 0.3 is 5.97 Å². The zero-order chi connectivity index (χ0) is 19.0. The van der Waals surface area contributed by atoms with Gasteiger partial charge < -0.3 is 14.7 Å². The van der Waals surface area contributed by atoms with Crippen LogP contribution in [0, 0.1) is 17.8 Å². The van der Waals surface area contributed by atoms with Gasteiger partial charge in [-0.15, -0.1) is 5.92 Å². The highest BCUT2D eigenvalue weighted by Gasteiger charge is 2.47. The van der Waals surface area contributed by atoms with Gasteiger partial charge in [0.2, 0.25) is 0 Å². The maximum Gasteiger partial charge on any atom is 0.344 e. The highest BCUT2D eigenvalue weighted by atomic mass is 16.5. The van der Waals surface area contributed by atoms with Crippen LogP contribution < -0.4 is 4.90 Å². The fraction of sp³-hybridized carbons (Fsp3) is 0.591. The molecule has 142 valence electrons. The Bertz CT molecular complexity index is 634. The Morgan fingerprint density at radius 3 is 2.35 bits per heavy atom. The summed E-state index contributed by atoms with van der Waals surface area (Å²) in [5, 5.41) is 11.5. The molecular weight excluding hydrogens is 326 g/mol. The van der Waals surface area contributed by atoms with Crippen LogP contribution in [0.25, 0.3) is 0 Å². The zero-order valence-electron chi connectivity index (χ0n) is 16.3. The summed E-state index contributed by atoms with van der Waals surface area (Å²) in [6.45, 7) is 7.78. The molecule has 1 aromatic rings. The van der Waals surface area contributed by atoms with Crippen molar-refractivity contribution in [1.29, 1.82) is 0 Å². The van der Waals surface area contributed by atoms with E-state index in [4.69, 9.17) is 4.74 Å². The summed E-state index contributed by atoms with van der Waals surface area (Å²) in [5.74, 6) is 4.75. The zero-order valence-corrected chi connectivity index (χ0v) is 16.3. The first kappa shape index (κ1) is 20.3. The van der Waals surface area contributed by atoms with E-state index in [-0.39, 0.29) is 12.5 Å². The van der Waals surface area contributed by atoms with Crippen LogP contribution in [0.15, 0.2) is 24.3 Å². The third-order valence-corrected chi connectivity index (χ3v) is 5.40. The van der Waals surface area contributed by atoms with Gasteiger partial charge in [-0.05, 0) is 51.3 Å². The van der Waals surface area contributed by atoms with Crippen LogP contribution in [-0.4, -0.2) is 30.8 Å². The van der Waals surface area contributed by atoms with Gasteiger partial charge in [0.05, 0.1) is 0 Å². The van der Waals surface area contributed by atoms with Gasteiger partial charge in [-0.3, -0.25) is 0 Å². The Hall–Kier alpha value is -1.99. The van der Waals surface area contributed by atoms with Gasteiger partial charge in [-0.2, -0.15) is 0 Å². The second-order valence-corrected chi connectivity index (χ2v) is 6.82. The van der Waals surface area contributed by atoms with E-state index >= 15 is 0 Å². The fourth-order valence-corrected chi connectivity index (χ4v) is 3.84. The van der Waals surface area contributed by atoms with Crippen LogP contribution in [0.3, 0.4) is 0 Å². The second-order valence-electron chi connectivity index (χ2n) is 6.82. The predicted octanol–water partition coefficient (Wildman–Crippen LogP) is 3.87. The number of nitrogens with zero attached hydrogens (tertiary/aromatic N) is 1. The predicted molar refractivity (Wildman–Crippen MR) is 105 cm³/mol. The van der Waals surface area contributed by atoms with Crippen molar-refractivity contribution in [2.45, 2.75) is 58.5 Å². The number of hydrogen-bond acceptors (Lipinski definition) is 4. The molecule has 26 heavy (non-hydrogen) atoms. The lowest BCUT2D eigenvalue weighted by atomic mass is 9.73. The summed E-state index contributed by atoms with van der Waals surface area (Å²) in [6, 6.07) is 7.70. The molecule has 0 radical (unpaired) electrons. The van der Waals surface area contributed by atoms with Crippen LogP contribution >= 0.6 is 0 Å². The molecule has 0 saturated heterocycles. The lowest BCUT2D eigenvalue weighted by molar-refractivity contribution is -0.174. The van der Waals surface area contributed by atoms with Crippen molar-refractivity contribution in [2.75, 3.05) is 24.6 Å². The van der Waals surface area contributed by atoms with Crippen LogP contribution in [0.2, 0.25) is 0 Å². The maximum atomic E-state index is 12.8. The molecule has 1 saturated carbocycles. The first-order valence-corrected chi connectivity index (χ1v) is 9.72. The lowest BCUT2D eigenvalue weighted by Gasteiger charge is -2.36. The summed E-state index contributed by atoms with van der Waals surface area (Å²) in [4.78, 5) is 15.1. The Labute approximate surface area is 157 Å². The monoisotopic (exact) mass is 357 g/mol. The molecule has 0 aliphatic heterocycles. The number of carbonyl (C=O) groups excluding carboxylic acids is 1. The SMILES string of the molecule is CC#CCOC(=O)[C@@](O)(c1ccc(N(CC)CC)cc1)C1CCCCC1. The van der Waals surface area contributed by atoms with E-state index in [1.54, 1.807) is 6.92 Å². The van der Waals surface area contributed by atoms with E-state index in [0.717, 1.165) is 50.9 Å². The third kappa shape index (κ3) is 4.40. The highest BCUT2D eigenvalue weighted by molar-refractivity contribution is 5.82. The lowest BCUT2D eigenvalue weighted by Crippen LogP contribution is -2.45. The van der Waals surface area contributed by atoms with Crippen LogP contribution in [0.1, 0.15) is 58.4 Å². The largest absolute Gasteiger partial charge is 0.450 e. The molecule has 4 heteroatoms. The molecule has 2 rings (SSSR count). The molecule has 4 nitrogen and oxygen atoms in total. The Morgan fingerprint density at radius 2 is 1.81 bits per heavy atom. The summed E-state index contributed by atoms with van der Waals surface area (Å²) in [7, 11) is 0. The minimum absolute atomic E-state index is 0.0158. The van der Waals surface area contributed by atoms with Gasteiger partial charge in [0.25, 0.3) is 0 Å². The van der Waals surface area contributed by atoms with Gasteiger partial charge in [-0.1, -0.05) is 37.3 Å². The standard InChI is InChI=1S/C22H31NO3/c1-4-7-17-26-21(24)22(25,18-11-9-8-10-12-18)19-13-15-20(16-14-19)23(5-2)6-3/h13-16,18,25H,5-6,8-12,17H2,1-3H3/t22-/m0/s1. The van der Waals surface area contributed by atoms with Crippen molar-refractivity contribution in [3.8, 4) is 11.8 Å². The number of esters is 1. The molecule has 0 bridgehead atoms. The normalized spacial score (nSPS) is 16.9. The number of carbonyl (C=O) groups is 1. The van der Waals surface area contributed by atoms with E-state index in [9.17, 15) is 9.90 Å². The summed E-state index contributed by atoms with van der Waals surface area (Å²) in [5.41, 5.74) is 0.113. The number of aliphatic hydroxyl groups is 1. The molecule has 0 unspecified atom stereocenters. The number of rotatable bonds is 7. The van der Waals surface area contributed by atoms with Crippen molar-refractivity contribution >= 4 is 11.7 Å². The first-order valence-electron chi connectivity index (χ1n) is 9.72. The molecular formula is C22H31NO3. The number of hydrogen-bond donors (Lipinski definition) is 1. The van der Waals surface area contributed by atoms with Crippen molar-refractivity contribution in [3.05, 3.63) is 29.8 Å². The van der Waals surface area contributed by atoms with Crippen LogP contribution in [0.5, 0.6) is 0 Å². The highest BCUT2D eigenvalue weighted by Crippen LogP contribution is 2.40. The molecule has 1 aromatic carbocycles. The quantitative estimate of drug-likeness (QED) is 0.594. The number of ether oxygens (including phenoxy) is 1. The van der Waals surface area contributed by atoms with E-state index in [2.05, 4.69) is 30.6 Å². The molecule has 0 aromatic heterocycles. The Balaban J connectivity index is 2.32. The molecule has 0 amide bonds. The smallest absolute Gasteiger partial charge is 0.344 e. The first-order chi connectivity index (χ1) is 12.6. The van der Waals surface area contributed by atoms with Crippen molar-refractivity contribution < 1.29 is 14.6 Å².